The van der Waals surface area contributed by atoms with Crippen LogP contribution in [0.1, 0.15) is 63.1 Å². The Bertz CT molecular complexity index is 416. The number of hydrogen-bond acceptors (Lipinski definition) is 2. The Morgan fingerprint density at radius 2 is 2.17 bits per heavy atom. The number of fused-ring (bicyclic) bond motifs is 1. The van der Waals surface area contributed by atoms with Crippen LogP contribution in [-0.4, -0.2) is 5.60 Å². The van der Waals surface area contributed by atoms with Crippen molar-refractivity contribution in [1.82, 2.24) is 0 Å². The first-order valence-corrected chi connectivity index (χ1v) is 7.09. The Balaban J connectivity index is 2.14. The molecule has 1 aliphatic heterocycles. The molecule has 2 nitrogen and oxygen atoms in total. The zero-order valence-corrected chi connectivity index (χ0v) is 11.8. The Morgan fingerprint density at radius 3 is 2.89 bits per heavy atom. The fourth-order valence-corrected chi connectivity index (χ4v) is 2.83. The maximum absolute atomic E-state index is 6.32. The van der Waals surface area contributed by atoms with Crippen LogP contribution in [0.2, 0.25) is 0 Å². The minimum atomic E-state index is -0.0865. The smallest absolute Gasteiger partial charge is 0.124 e. The van der Waals surface area contributed by atoms with E-state index in [1.165, 1.54) is 30.4 Å². The lowest BCUT2D eigenvalue weighted by atomic mass is 9.85. The first-order chi connectivity index (χ1) is 8.54. The number of benzene rings is 1. The second-order valence-corrected chi connectivity index (χ2v) is 5.86. The molecule has 1 aromatic carbocycles. The SMILES string of the molecule is CCCCCC1(C)C[C@@H](N)c2cc(C)ccc2O1. The largest absolute Gasteiger partial charge is 0.487 e. The van der Waals surface area contributed by atoms with Crippen LogP contribution < -0.4 is 10.5 Å². The molecular formula is C16H25NO. The molecule has 18 heavy (non-hydrogen) atoms. The highest BCUT2D eigenvalue weighted by molar-refractivity contribution is 5.41. The van der Waals surface area contributed by atoms with Crippen molar-refractivity contribution in [2.45, 2.75) is 64.5 Å². The summed E-state index contributed by atoms with van der Waals surface area (Å²) in [6.45, 7) is 6.53. The zero-order chi connectivity index (χ0) is 13.2. The van der Waals surface area contributed by atoms with E-state index in [2.05, 4.69) is 39.0 Å². The summed E-state index contributed by atoms with van der Waals surface area (Å²) in [4.78, 5) is 0. The molecule has 0 aliphatic carbocycles. The molecule has 0 fully saturated rings. The van der Waals surface area contributed by atoms with Crippen LogP contribution >= 0.6 is 0 Å². The van der Waals surface area contributed by atoms with Crippen LogP contribution in [-0.2, 0) is 0 Å². The summed E-state index contributed by atoms with van der Waals surface area (Å²) in [6, 6.07) is 6.44. The number of hydrogen-bond donors (Lipinski definition) is 1. The van der Waals surface area contributed by atoms with Crippen molar-refractivity contribution >= 4 is 0 Å². The molecule has 0 saturated heterocycles. The van der Waals surface area contributed by atoms with Gasteiger partial charge in [0.25, 0.3) is 0 Å². The predicted molar refractivity (Wildman–Crippen MR) is 75.9 cm³/mol. The van der Waals surface area contributed by atoms with E-state index in [1.54, 1.807) is 0 Å². The number of rotatable bonds is 4. The van der Waals surface area contributed by atoms with Crippen LogP contribution in [0.15, 0.2) is 18.2 Å². The molecule has 0 spiro atoms. The molecule has 1 heterocycles. The van der Waals surface area contributed by atoms with Crippen LogP contribution in [0.25, 0.3) is 0 Å². The van der Waals surface area contributed by atoms with Gasteiger partial charge in [0.1, 0.15) is 11.4 Å². The highest BCUT2D eigenvalue weighted by Gasteiger charge is 2.35. The lowest BCUT2D eigenvalue weighted by Gasteiger charge is -2.39. The van der Waals surface area contributed by atoms with Gasteiger partial charge in [-0.2, -0.15) is 0 Å². The minimum Gasteiger partial charge on any atom is -0.487 e. The zero-order valence-electron chi connectivity index (χ0n) is 11.8. The van der Waals surface area contributed by atoms with Gasteiger partial charge in [-0.05, 0) is 32.8 Å². The Hall–Kier alpha value is -1.02. The van der Waals surface area contributed by atoms with E-state index in [0.29, 0.717) is 0 Å². The summed E-state index contributed by atoms with van der Waals surface area (Å²) >= 11 is 0. The third-order valence-corrected chi connectivity index (χ3v) is 3.88. The van der Waals surface area contributed by atoms with Crippen LogP contribution in [0.4, 0.5) is 0 Å². The van der Waals surface area contributed by atoms with Crippen LogP contribution in [0.3, 0.4) is 0 Å². The molecule has 2 N–H and O–H groups in total. The van der Waals surface area contributed by atoms with Crippen molar-refractivity contribution in [3.63, 3.8) is 0 Å². The average Bonchev–Trinajstić information content (AvgIpc) is 2.31. The van der Waals surface area contributed by atoms with E-state index in [0.717, 1.165) is 18.6 Å². The molecule has 0 saturated carbocycles. The molecule has 0 bridgehead atoms. The van der Waals surface area contributed by atoms with Gasteiger partial charge in [0.2, 0.25) is 0 Å². The third kappa shape index (κ3) is 2.86. The third-order valence-electron chi connectivity index (χ3n) is 3.88. The van der Waals surface area contributed by atoms with Gasteiger partial charge in [0, 0.05) is 18.0 Å². The van der Waals surface area contributed by atoms with Crippen molar-refractivity contribution in [2.24, 2.45) is 5.73 Å². The first kappa shape index (κ1) is 13.4. The van der Waals surface area contributed by atoms with Crippen LogP contribution in [0.5, 0.6) is 5.75 Å². The second kappa shape index (κ2) is 5.31. The Kier molecular flexibility index (Phi) is 3.96. The summed E-state index contributed by atoms with van der Waals surface area (Å²) in [5.74, 6) is 0.985. The molecule has 0 radical (unpaired) electrons. The highest BCUT2D eigenvalue weighted by Crippen LogP contribution is 2.40. The number of unbranched alkanes of at least 4 members (excludes halogenated alkanes) is 2. The van der Waals surface area contributed by atoms with E-state index in [-0.39, 0.29) is 11.6 Å². The minimum absolute atomic E-state index is 0.0865. The van der Waals surface area contributed by atoms with Crippen LogP contribution in [0, 0.1) is 6.92 Å². The van der Waals surface area contributed by atoms with Crippen molar-refractivity contribution in [1.29, 1.82) is 0 Å². The van der Waals surface area contributed by atoms with Crippen molar-refractivity contribution in [3.05, 3.63) is 29.3 Å². The Morgan fingerprint density at radius 1 is 1.39 bits per heavy atom. The monoisotopic (exact) mass is 247 g/mol. The molecule has 1 aromatic rings. The molecule has 0 amide bonds. The van der Waals surface area contributed by atoms with E-state index >= 15 is 0 Å². The topological polar surface area (TPSA) is 35.2 Å². The molecule has 2 heteroatoms. The normalized spacial score (nSPS) is 26.6. The maximum atomic E-state index is 6.32. The lowest BCUT2D eigenvalue weighted by molar-refractivity contribution is 0.0431. The van der Waals surface area contributed by atoms with Gasteiger partial charge in [0.05, 0.1) is 0 Å². The molecule has 100 valence electrons. The van der Waals surface area contributed by atoms with E-state index in [9.17, 15) is 0 Å². The van der Waals surface area contributed by atoms with Gasteiger partial charge < -0.3 is 10.5 Å². The standard InChI is InChI=1S/C16H25NO/c1-4-5-6-9-16(3)11-14(17)13-10-12(2)7-8-15(13)18-16/h7-8,10,14H,4-6,9,11,17H2,1-3H3/t14-,16?/m1/s1. The van der Waals surface area contributed by atoms with E-state index in [1.807, 2.05) is 0 Å². The highest BCUT2D eigenvalue weighted by atomic mass is 16.5. The summed E-state index contributed by atoms with van der Waals surface area (Å²) in [5, 5.41) is 0. The number of aryl methyl sites for hydroxylation is 1. The summed E-state index contributed by atoms with van der Waals surface area (Å²) in [5.41, 5.74) is 8.65. The quantitative estimate of drug-likeness (QED) is 0.812. The van der Waals surface area contributed by atoms with Gasteiger partial charge in [-0.15, -0.1) is 0 Å². The fraction of sp³-hybridized carbons (Fsp3) is 0.625. The van der Waals surface area contributed by atoms with Crippen molar-refractivity contribution in [3.8, 4) is 5.75 Å². The van der Waals surface area contributed by atoms with Gasteiger partial charge in [-0.25, -0.2) is 0 Å². The molecule has 2 rings (SSSR count). The maximum Gasteiger partial charge on any atom is 0.124 e. The lowest BCUT2D eigenvalue weighted by Crippen LogP contribution is -2.40. The summed E-state index contributed by atoms with van der Waals surface area (Å²) in [7, 11) is 0. The predicted octanol–water partition coefficient (Wildman–Crippen LogP) is 4.12. The fourth-order valence-electron chi connectivity index (χ4n) is 2.83. The second-order valence-electron chi connectivity index (χ2n) is 5.86. The molecule has 0 aromatic heterocycles. The molecular weight excluding hydrogens is 222 g/mol. The van der Waals surface area contributed by atoms with Gasteiger partial charge in [0.15, 0.2) is 0 Å². The first-order valence-electron chi connectivity index (χ1n) is 7.09. The number of ether oxygens (including phenoxy) is 1. The van der Waals surface area contributed by atoms with Gasteiger partial charge in [-0.3, -0.25) is 0 Å². The van der Waals surface area contributed by atoms with E-state index in [4.69, 9.17) is 10.5 Å². The van der Waals surface area contributed by atoms with Gasteiger partial charge in [-0.1, -0.05) is 37.5 Å². The molecule has 2 atom stereocenters. The summed E-state index contributed by atoms with van der Waals surface area (Å²) < 4.78 is 6.21. The molecule has 1 unspecified atom stereocenters. The van der Waals surface area contributed by atoms with E-state index < -0.39 is 0 Å². The summed E-state index contributed by atoms with van der Waals surface area (Å²) in [6.07, 6.45) is 5.77. The number of nitrogens with two attached hydrogens (primary N) is 1. The van der Waals surface area contributed by atoms with Crippen molar-refractivity contribution < 1.29 is 4.74 Å². The average molecular weight is 247 g/mol. The Labute approximate surface area is 111 Å². The van der Waals surface area contributed by atoms with Crippen molar-refractivity contribution in [2.75, 3.05) is 0 Å². The molecule has 1 aliphatic rings. The van der Waals surface area contributed by atoms with Gasteiger partial charge >= 0.3 is 0 Å².